The third-order valence-electron chi connectivity index (χ3n) is 5.51. The second-order valence-electron chi connectivity index (χ2n) is 8.22. The number of likely N-dealkylation sites (N-methyl/N-ethyl adjacent to an activating group) is 1. The predicted molar refractivity (Wildman–Crippen MR) is 132 cm³/mol. The molecule has 1 saturated heterocycles. The van der Waals surface area contributed by atoms with Crippen molar-refractivity contribution in [2.24, 2.45) is 0 Å². The van der Waals surface area contributed by atoms with Gasteiger partial charge in [0.15, 0.2) is 0 Å². The van der Waals surface area contributed by atoms with Crippen LogP contribution in [0.3, 0.4) is 0 Å². The van der Waals surface area contributed by atoms with Gasteiger partial charge in [-0.25, -0.2) is 4.98 Å². The van der Waals surface area contributed by atoms with E-state index in [1.54, 1.807) is 0 Å². The minimum Gasteiger partial charge on any atom is -0.472 e. The van der Waals surface area contributed by atoms with Crippen molar-refractivity contribution in [2.75, 3.05) is 57.1 Å². The summed E-state index contributed by atoms with van der Waals surface area (Å²) in [6.45, 7) is 4.17. The Morgan fingerprint density at radius 3 is 2.55 bits per heavy atom. The first kappa shape index (κ1) is 22.9. The van der Waals surface area contributed by atoms with Crippen molar-refractivity contribution in [3.63, 3.8) is 0 Å². The summed E-state index contributed by atoms with van der Waals surface area (Å²) in [6.07, 6.45) is 1.84. The minimum absolute atomic E-state index is 0.418. The number of benzene rings is 2. The lowest BCUT2D eigenvalue weighted by molar-refractivity contribution is 0.283. The molecular weight excluding hydrogens is 432 g/mol. The number of anilines is 2. The molecule has 4 rings (SSSR count). The van der Waals surface area contributed by atoms with Crippen molar-refractivity contribution < 1.29 is 4.74 Å². The van der Waals surface area contributed by atoms with Gasteiger partial charge in [-0.3, -0.25) is 0 Å². The van der Waals surface area contributed by atoms with Crippen molar-refractivity contribution in [2.45, 2.75) is 16.4 Å². The van der Waals surface area contributed by atoms with Gasteiger partial charge in [0.05, 0.1) is 22.7 Å². The summed E-state index contributed by atoms with van der Waals surface area (Å²) in [6, 6.07) is 17.9. The number of piperazine rings is 1. The van der Waals surface area contributed by atoms with Crippen LogP contribution < -0.4 is 14.5 Å². The maximum Gasteiger partial charge on any atom is 0.232 e. The van der Waals surface area contributed by atoms with Crippen LogP contribution in [-0.4, -0.2) is 62.2 Å². The number of aromatic nitrogens is 2. The molecule has 0 saturated carbocycles. The van der Waals surface area contributed by atoms with Crippen LogP contribution in [0.1, 0.15) is 11.1 Å². The van der Waals surface area contributed by atoms with Crippen LogP contribution in [0.15, 0.2) is 64.5 Å². The summed E-state index contributed by atoms with van der Waals surface area (Å²) in [4.78, 5) is 17.9. The van der Waals surface area contributed by atoms with Gasteiger partial charge in [0.25, 0.3) is 0 Å². The zero-order valence-corrected chi connectivity index (χ0v) is 20.0. The SMILES string of the molecule is CN1CCN(c2ncc(Sc3ccc(C#N)cc3)c(OCc3cccc(N(C)C)c3)n2)CC1. The summed E-state index contributed by atoms with van der Waals surface area (Å²) in [5, 5.41) is 9.06. The predicted octanol–water partition coefficient (Wildman–Crippen LogP) is 3.90. The van der Waals surface area contributed by atoms with Gasteiger partial charge in [-0.1, -0.05) is 23.9 Å². The topological polar surface area (TPSA) is 68.5 Å². The molecule has 0 amide bonds. The van der Waals surface area contributed by atoms with E-state index in [4.69, 9.17) is 15.0 Å². The highest BCUT2D eigenvalue weighted by Gasteiger charge is 2.19. The molecule has 0 N–H and O–H groups in total. The van der Waals surface area contributed by atoms with E-state index in [1.165, 1.54) is 11.8 Å². The Labute approximate surface area is 199 Å². The summed E-state index contributed by atoms with van der Waals surface area (Å²) >= 11 is 1.54. The molecule has 0 unspecified atom stereocenters. The molecule has 0 atom stereocenters. The maximum atomic E-state index is 9.06. The fourth-order valence-corrected chi connectivity index (χ4v) is 4.30. The highest BCUT2D eigenvalue weighted by Crippen LogP contribution is 2.35. The molecule has 2 aromatic carbocycles. The summed E-state index contributed by atoms with van der Waals surface area (Å²) in [5.41, 5.74) is 2.85. The lowest BCUT2D eigenvalue weighted by Gasteiger charge is -2.32. The molecule has 7 nitrogen and oxygen atoms in total. The second kappa shape index (κ2) is 10.6. The zero-order chi connectivity index (χ0) is 23.2. The summed E-state index contributed by atoms with van der Waals surface area (Å²) < 4.78 is 6.25. The largest absolute Gasteiger partial charge is 0.472 e. The smallest absolute Gasteiger partial charge is 0.232 e. The van der Waals surface area contributed by atoms with Gasteiger partial charge in [0.2, 0.25) is 11.8 Å². The fourth-order valence-electron chi connectivity index (χ4n) is 3.48. The molecule has 3 aromatic rings. The van der Waals surface area contributed by atoms with Crippen LogP contribution >= 0.6 is 11.8 Å². The Kier molecular flexibility index (Phi) is 7.33. The van der Waals surface area contributed by atoms with Crippen LogP contribution in [-0.2, 0) is 6.61 Å². The van der Waals surface area contributed by atoms with Crippen LogP contribution in [0.2, 0.25) is 0 Å². The van der Waals surface area contributed by atoms with Crippen molar-refractivity contribution in [3.8, 4) is 11.9 Å². The molecule has 1 aliphatic heterocycles. The number of ether oxygens (including phenoxy) is 1. The van der Waals surface area contributed by atoms with Gasteiger partial charge in [0.1, 0.15) is 6.61 Å². The average molecular weight is 461 g/mol. The number of hydrogen-bond acceptors (Lipinski definition) is 8. The number of nitriles is 1. The molecular formula is C25H28N6OS. The van der Waals surface area contributed by atoms with Gasteiger partial charge in [-0.15, -0.1) is 0 Å². The minimum atomic E-state index is 0.418. The molecule has 2 heterocycles. The highest BCUT2D eigenvalue weighted by atomic mass is 32.2. The van der Waals surface area contributed by atoms with Crippen molar-refractivity contribution in [3.05, 3.63) is 65.9 Å². The Bertz CT molecular complexity index is 1120. The average Bonchev–Trinajstić information content (AvgIpc) is 2.84. The Morgan fingerprint density at radius 2 is 1.85 bits per heavy atom. The van der Waals surface area contributed by atoms with E-state index < -0.39 is 0 Å². The number of nitrogens with zero attached hydrogens (tertiary/aromatic N) is 6. The maximum absolute atomic E-state index is 9.06. The van der Waals surface area contributed by atoms with E-state index in [1.807, 2.05) is 50.6 Å². The molecule has 1 aromatic heterocycles. The molecule has 170 valence electrons. The standard InChI is InChI=1S/C25H28N6OS/c1-29(2)21-6-4-5-20(15-21)18-32-24-23(33-22-9-7-19(16-26)8-10-22)17-27-25(28-24)31-13-11-30(3)12-14-31/h4-10,15,17H,11-14,18H2,1-3H3. The van der Waals surface area contributed by atoms with Gasteiger partial charge >= 0.3 is 0 Å². The van der Waals surface area contributed by atoms with E-state index in [2.05, 4.69) is 51.0 Å². The van der Waals surface area contributed by atoms with Crippen molar-refractivity contribution >= 4 is 23.4 Å². The third-order valence-corrected chi connectivity index (χ3v) is 6.52. The first-order chi connectivity index (χ1) is 16.0. The Balaban J connectivity index is 1.58. The van der Waals surface area contributed by atoms with Gasteiger partial charge in [-0.05, 0) is 49.0 Å². The summed E-state index contributed by atoms with van der Waals surface area (Å²) in [5.74, 6) is 1.27. The number of hydrogen-bond donors (Lipinski definition) is 0. The molecule has 8 heteroatoms. The van der Waals surface area contributed by atoms with Gasteiger partial charge in [0, 0.05) is 50.9 Å². The second-order valence-corrected chi connectivity index (χ2v) is 9.34. The van der Waals surface area contributed by atoms with Crippen LogP contribution in [0, 0.1) is 11.3 Å². The Hall–Kier alpha value is -3.28. The van der Waals surface area contributed by atoms with E-state index in [0.717, 1.165) is 47.2 Å². The van der Waals surface area contributed by atoms with Crippen molar-refractivity contribution in [1.82, 2.24) is 14.9 Å². The molecule has 1 fully saturated rings. The molecule has 1 aliphatic rings. The van der Waals surface area contributed by atoms with E-state index in [9.17, 15) is 0 Å². The monoisotopic (exact) mass is 460 g/mol. The van der Waals surface area contributed by atoms with Gasteiger partial charge in [-0.2, -0.15) is 10.2 Å². The lowest BCUT2D eigenvalue weighted by Crippen LogP contribution is -2.45. The normalized spacial score (nSPS) is 14.1. The van der Waals surface area contributed by atoms with Crippen LogP contribution in [0.25, 0.3) is 0 Å². The Morgan fingerprint density at radius 1 is 1.09 bits per heavy atom. The molecule has 0 radical (unpaired) electrons. The van der Waals surface area contributed by atoms with E-state index in [-0.39, 0.29) is 0 Å². The van der Waals surface area contributed by atoms with E-state index >= 15 is 0 Å². The molecule has 0 aliphatic carbocycles. The van der Waals surface area contributed by atoms with Crippen molar-refractivity contribution in [1.29, 1.82) is 5.26 Å². The first-order valence-electron chi connectivity index (χ1n) is 10.9. The molecule has 0 bridgehead atoms. The van der Waals surface area contributed by atoms with Crippen LogP contribution in [0.4, 0.5) is 11.6 Å². The summed E-state index contributed by atoms with van der Waals surface area (Å²) in [7, 11) is 6.18. The van der Waals surface area contributed by atoms with Gasteiger partial charge < -0.3 is 19.4 Å². The quantitative estimate of drug-likeness (QED) is 0.526. The molecule has 33 heavy (non-hydrogen) atoms. The van der Waals surface area contributed by atoms with Crippen LogP contribution in [0.5, 0.6) is 5.88 Å². The third kappa shape index (κ3) is 5.95. The zero-order valence-electron chi connectivity index (χ0n) is 19.2. The highest BCUT2D eigenvalue weighted by molar-refractivity contribution is 7.99. The fraction of sp³-hybridized carbons (Fsp3) is 0.320. The molecule has 0 spiro atoms. The number of rotatable bonds is 7. The first-order valence-corrected chi connectivity index (χ1v) is 11.7. The van der Waals surface area contributed by atoms with E-state index in [0.29, 0.717) is 24.0 Å². The lowest BCUT2D eigenvalue weighted by atomic mass is 10.2.